The van der Waals surface area contributed by atoms with Crippen molar-refractivity contribution in [3.05, 3.63) is 485 Å². The summed E-state index contributed by atoms with van der Waals surface area (Å²) in [6.45, 7) is -2.36. The van der Waals surface area contributed by atoms with Crippen molar-refractivity contribution in [2.75, 3.05) is 0 Å². The van der Waals surface area contributed by atoms with Crippen molar-refractivity contribution in [2.45, 2.75) is 0 Å². The topological polar surface area (TPSA) is 138 Å². The van der Waals surface area contributed by atoms with Crippen LogP contribution in [0.25, 0.3) is 0 Å². The third-order valence-corrected chi connectivity index (χ3v) is 27.6. The molecule has 30 rings (SSSR count). The molecule has 15 nitrogen and oxygen atoms in total. The van der Waals surface area contributed by atoms with Crippen LogP contribution in [0.3, 0.4) is 0 Å². The van der Waals surface area contributed by atoms with Gasteiger partial charge < -0.3 is 70.2 Å². The molecule has 145 heavy (non-hydrogen) atoms. The molecule has 0 amide bonds. The van der Waals surface area contributed by atoms with Gasteiger partial charge in [0.1, 0.15) is 115 Å². The Kier molecular flexibility index (Phi) is 23.5. The Labute approximate surface area is 843 Å². The van der Waals surface area contributed by atoms with Gasteiger partial charge in [-0.25, -0.2) is 0 Å². The molecular weight excluding hydrogens is 1790 g/mol. The third kappa shape index (κ3) is 16.8. The first-order valence-corrected chi connectivity index (χ1v) is 48.8. The fourth-order valence-corrected chi connectivity index (χ4v) is 20.8. The zero-order chi connectivity index (χ0) is 96.0. The summed E-state index contributed by atoms with van der Waals surface area (Å²) in [5, 5.41) is 0. The highest BCUT2D eigenvalue weighted by Gasteiger charge is 2.48. The second-order valence-corrected chi connectivity index (χ2v) is 36.3. The minimum atomic E-state index is -0.236. The SMILES string of the molecule is c1ccc2c(c1)Oc1ccccc1B2OB1c2ccccc2Oc2ccccc21.c1ccc2c(c1)Oc1ccccc1B2OB1c2ccccc2Oc2ccccc21.c1ccc2c(c1)Oc1ccccc1B2OB1c2ccccc2Oc2ccccc21.c1ccc2c(c1)Oc1ccccc1B2OB1c2ccccc2Oc2ccccc21.c1ccc2c(c1)Oc1ccccc1B2OB1c2ccccc2Oc2ccccc21. The summed E-state index contributed by atoms with van der Waals surface area (Å²) in [5.74, 6) is 16.8. The summed E-state index contributed by atoms with van der Waals surface area (Å²) in [7, 11) is 0. The zero-order valence-corrected chi connectivity index (χ0v) is 78.1. The van der Waals surface area contributed by atoms with Crippen LogP contribution in [0.1, 0.15) is 0 Å². The molecule has 0 N–H and O–H groups in total. The normalized spacial score (nSPS) is 13.4. The molecule has 0 radical (unpaired) electrons. The minimum Gasteiger partial charge on any atom is -0.483 e. The third-order valence-electron chi connectivity index (χ3n) is 27.6. The van der Waals surface area contributed by atoms with E-state index in [4.69, 9.17) is 70.2 Å². The Morgan fingerprint density at radius 1 is 0.0828 bits per heavy atom. The van der Waals surface area contributed by atoms with E-state index in [1.54, 1.807) is 0 Å². The molecule has 0 aromatic heterocycles. The molecule has 20 aromatic rings. The molecule has 10 aliphatic rings. The molecule has 0 unspecified atom stereocenters. The highest BCUT2D eigenvalue weighted by molar-refractivity contribution is 6.97. The highest BCUT2D eigenvalue weighted by atomic mass is 16.5. The van der Waals surface area contributed by atoms with E-state index in [1.165, 1.54) is 0 Å². The van der Waals surface area contributed by atoms with Crippen molar-refractivity contribution in [1.29, 1.82) is 0 Å². The fraction of sp³-hybridized carbons (Fsp3) is 0. The van der Waals surface area contributed by atoms with Gasteiger partial charge >= 0.3 is 69.2 Å². The molecule has 10 heterocycles. The maximum atomic E-state index is 6.88. The van der Waals surface area contributed by atoms with Crippen molar-refractivity contribution in [2.24, 2.45) is 0 Å². The van der Waals surface area contributed by atoms with Crippen molar-refractivity contribution >= 4 is 178 Å². The van der Waals surface area contributed by atoms with E-state index >= 15 is 0 Å². The highest BCUT2D eigenvalue weighted by Crippen LogP contribution is 2.37. The average Bonchev–Trinajstić information content (AvgIpc) is 0.762. The van der Waals surface area contributed by atoms with E-state index < -0.39 is 0 Å². The van der Waals surface area contributed by atoms with Crippen LogP contribution < -0.4 is 157 Å². The van der Waals surface area contributed by atoms with E-state index in [0.717, 1.165) is 224 Å². The number of ether oxygens (including phenoxy) is 10. The molecule has 20 aromatic carbocycles. The van der Waals surface area contributed by atoms with Gasteiger partial charge in [0.2, 0.25) is 0 Å². The van der Waals surface area contributed by atoms with Crippen LogP contribution in [0.4, 0.5) is 0 Å². The molecular formula is C120H80B10O15. The van der Waals surface area contributed by atoms with Crippen molar-refractivity contribution in [3.63, 3.8) is 0 Å². The van der Waals surface area contributed by atoms with Gasteiger partial charge in [-0.15, -0.1) is 0 Å². The maximum absolute atomic E-state index is 6.88. The lowest BCUT2D eigenvalue weighted by Crippen LogP contribution is -2.58. The van der Waals surface area contributed by atoms with Crippen LogP contribution in [-0.4, -0.2) is 69.2 Å². The second kappa shape index (κ2) is 38.7. The number of para-hydroxylation sites is 20. The molecule has 0 bridgehead atoms. The van der Waals surface area contributed by atoms with Crippen LogP contribution in [-0.2, 0) is 22.9 Å². The molecule has 0 saturated heterocycles. The first-order chi connectivity index (χ1) is 71.9. The van der Waals surface area contributed by atoms with E-state index in [9.17, 15) is 0 Å². The van der Waals surface area contributed by atoms with Gasteiger partial charge in [-0.3, -0.25) is 0 Å². The van der Waals surface area contributed by atoms with Crippen molar-refractivity contribution in [3.8, 4) is 115 Å². The van der Waals surface area contributed by atoms with Crippen molar-refractivity contribution < 1.29 is 70.2 Å². The van der Waals surface area contributed by atoms with E-state index in [1.807, 2.05) is 364 Å². The molecule has 680 valence electrons. The second-order valence-electron chi connectivity index (χ2n) is 36.3. The summed E-state index contributed by atoms with van der Waals surface area (Å²) >= 11 is 0. The summed E-state index contributed by atoms with van der Waals surface area (Å²) in [6.07, 6.45) is 0. The van der Waals surface area contributed by atoms with E-state index in [2.05, 4.69) is 121 Å². The smallest absolute Gasteiger partial charge is 0.354 e. The first-order valence-electron chi connectivity index (χ1n) is 48.8. The largest absolute Gasteiger partial charge is 0.483 e. The van der Waals surface area contributed by atoms with Crippen molar-refractivity contribution in [1.82, 2.24) is 0 Å². The summed E-state index contributed by atoms with van der Waals surface area (Å²) in [4.78, 5) is 0. The number of hydrogen-bond acceptors (Lipinski definition) is 15. The molecule has 0 saturated carbocycles. The summed E-state index contributed by atoms with van der Waals surface area (Å²) in [6, 6.07) is 162. The number of benzene rings is 20. The average molecular weight is 1870 g/mol. The number of fused-ring (bicyclic) bond motifs is 20. The standard InChI is InChI=1S/5C24H16B2O3/c5*1-5-13-21-17(9-1)25(18-10-2-6-14-22(18)27-21)29-26-19-11-3-7-15-23(19)28-24-16-8-4-12-20(24)26/h5*1-16H. The Balaban J connectivity index is 0.0000000923. The predicted molar refractivity (Wildman–Crippen MR) is 585 cm³/mol. The predicted octanol–water partition coefficient (Wildman–Crippen LogP) is 14.1. The molecule has 0 fully saturated rings. The number of hydrogen-bond donors (Lipinski definition) is 0. The zero-order valence-electron chi connectivity index (χ0n) is 78.1. The van der Waals surface area contributed by atoms with Gasteiger partial charge in [-0.05, 0) is 231 Å². The van der Waals surface area contributed by atoms with Gasteiger partial charge in [-0.1, -0.05) is 364 Å². The van der Waals surface area contributed by atoms with Crippen LogP contribution in [0.2, 0.25) is 0 Å². The Bertz CT molecular complexity index is 6300. The molecule has 0 spiro atoms. The van der Waals surface area contributed by atoms with Crippen LogP contribution in [0.15, 0.2) is 485 Å². The maximum Gasteiger partial charge on any atom is 0.354 e. The van der Waals surface area contributed by atoms with Crippen LogP contribution >= 0.6 is 0 Å². The van der Waals surface area contributed by atoms with E-state index in [-0.39, 0.29) is 69.2 Å². The van der Waals surface area contributed by atoms with Gasteiger partial charge in [-0.2, -0.15) is 0 Å². The van der Waals surface area contributed by atoms with Gasteiger partial charge in [0, 0.05) is 0 Å². The Hall–Kier alpha value is -17.2. The quantitative estimate of drug-likeness (QED) is 0.120. The lowest BCUT2D eigenvalue weighted by Gasteiger charge is -2.31. The van der Waals surface area contributed by atoms with Gasteiger partial charge in [0.15, 0.2) is 0 Å². The van der Waals surface area contributed by atoms with E-state index in [0.29, 0.717) is 0 Å². The van der Waals surface area contributed by atoms with Crippen LogP contribution in [0.5, 0.6) is 115 Å². The molecule has 0 atom stereocenters. The lowest BCUT2D eigenvalue weighted by atomic mass is 9.46. The van der Waals surface area contributed by atoms with Crippen LogP contribution in [0, 0.1) is 0 Å². The molecule has 0 aliphatic carbocycles. The fourth-order valence-electron chi connectivity index (χ4n) is 20.8. The first kappa shape index (κ1) is 88.1. The Morgan fingerprint density at radius 2 is 0.138 bits per heavy atom. The molecule has 10 aliphatic heterocycles. The lowest BCUT2D eigenvalue weighted by molar-refractivity contribution is 0.476. The van der Waals surface area contributed by atoms with Gasteiger partial charge in [0.05, 0.1) is 0 Å². The summed E-state index contributed by atoms with van der Waals surface area (Å²) in [5.41, 5.74) is 20.7. The minimum absolute atomic E-state index is 0.236. The monoisotopic (exact) mass is 1870 g/mol. The number of rotatable bonds is 10. The molecule has 25 heteroatoms. The Morgan fingerprint density at radius 3 is 0.200 bits per heavy atom. The van der Waals surface area contributed by atoms with Gasteiger partial charge in [0.25, 0.3) is 0 Å². The summed E-state index contributed by atoms with van der Waals surface area (Å²) < 4.78 is 95.7.